The Kier molecular flexibility index (Phi) is 11.3. The van der Waals surface area contributed by atoms with Crippen LogP contribution in [0.1, 0.15) is 25.8 Å². The number of carbonyl (C=O) groups excluding carboxylic acids is 2. The molecule has 9 nitrogen and oxygen atoms in total. The normalized spacial score (nSPS) is 11.9. The maximum absolute atomic E-state index is 14.0. The summed E-state index contributed by atoms with van der Waals surface area (Å²) >= 11 is 12.3. The number of hydrogen-bond donors (Lipinski definition) is 1. The average molecular weight is 623 g/mol. The molecule has 2 amide bonds. The molecule has 220 valence electrons. The SMILES string of the molecule is CCCNC(=O)[C@@H](C)N(Cc1ccc(Cl)c(Cl)c1)C(=O)CN(c1ccc(OC)c(OC)c1)S(=O)(=O)c1ccccc1. The van der Waals surface area contributed by atoms with Gasteiger partial charge in [0.05, 0.1) is 34.8 Å². The van der Waals surface area contributed by atoms with Gasteiger partial charge in [0.25, 0.3) is 10.0 Å². The van der Waals surface area contributed by atoms with Crippen LogP contribution in [0.15, 0.2) is 71.6 Å². The average Bonchev–Trinajstić information content (AvgIpc) is 2.98. The van der Waals surface area contributed by atoms with Gasteiger partial charge in [0.2, 0.25) is 11.8 Å². The summed E-state index contributed by atoms with van der Waals surface area (Å²) < 4.78 is 39.5. The molecule has 0 saturated carbocycles. The third-order valence-corrected chi connectivity index (χ3v) is 8.85. The van der Waals surface area contributed by atoms with Gasteiger partial charge < -0.3 is 19.7 Å². The molecule has 0 saturated heterocycles. The molecule has 0 aliphatic carbocycles. The molecule has 1 N–H and O–H groups in total. The number of nitrogens with one attached hydrogen (secondary N) is 1. The van der Waals surface area contributed by atoms with E-state index in [4.69, 9.17) is 32.7 Å². The van der Waals surface area contributed by atoms with Crippen molar-refractivity contribution in [2.45, 2.75) is 37.8 Å². The minimum Gasteiger partial charge on any atom is -0.493 e. The van der Waals surface area contributed by atoms with E-state index in [1.54, 1.807) is 49.4 Å². The summed E-state index contributed by atoms with van der Waals surface area (Å²) in [5, 5.41) is 3.43. The highest BCUT2D eigenvalue weighted by Gasteiger charge is 2.33. The predicted molar refractivity (Wildman–Crippen MR) is 160 cm³/mol. The molecule has 0 spiro atoms. The van der Waals surface area contributed by atoms with E-state index in [1.807, 2.05) is 6.92 Å². The zero-order valence-corrected chi connectivity index (χ0v) is 25.6. The number of sulfonamides is 1. The van der Waals surface area contributed by atoms with Crippen LogP contribution >= 0.6 is 23.2 Å². The van der Waals surface area contributed by atoms with Crippen molar-refractivity contribution in [2.75, 3.05) is 31.6 Å². The van der Waals surface area contributed by atoms with Crippen molar-refractivity contribution < 1.29 is 27.5 Å². The van der Waals surface area contributed by atoms with E-state index in [0.717, 1.165) is 4.31 Å². The lowest BCUT2D eigenvalue weighted by Gasteiger charge is -2.32. The molecule has 0 radical (unpaired) electrons. The second kappa shape index (κ2) is 14.4. The third-order valence-electron chi connectivity index (χ3n) is 6.32. The van der Waals surface area contributed by atoms with Crippen molar-refractivity contribution >= 4 is 50.7 Å². The number of methoxy groups -OCH3 is 2. The first-order chi connectivity index (χ1) is 19.5. The van der Waals surface area contributed by atoms with Crippen molar-refractivity contribution in [1.82, 2.24) is 10.2 Å². The summed E-state index contributed by atoms with van der Waals surface area (Å²) in [5.74, 6) is -0.305. The first-order valence-electron chi connectivity index (χ1n) is 12.8. The topological polar surface area (TPSA) is 105 Å². The van der Waals surface area contributed by atoms with Gasteiger partial charge in [-0.2, -0.15) is 0 Å². The lowest BCUT2D eigenvalue weighted by Crippen LogP contribution is -2.51. The molecule has 0 aliphatic rings. The van der Waals surface area contributed by atoms with Crippen LogP contribution in [-0.2, 0) is 26.2 Å². The molecule has 0 fully saturated rings. The largest absolute Gasteiger partial charge is 0.493 e. The Balaban J connectivity index is 2.07. The van der Waals surface area contributed by atoms with E-state index in [1.165, 1.54) is 43.4 Å². The minimum absolute atomic E-state index is 0.00708. The Morgan fingerprint density at radius 3 is 2.22 bits per heavy atom. The van der Waals surface area contributed by atoms with Crippen LogP contribution in [0.4, 0.5) is 5.69 Å². The number of anilines is 1. The Morgan fingerprint density at radius 1 is 0.927 bits per heavy atom. The van der Waals surface area contributed by atoms with Crippen LogP contribution in [0.2, 0.25) is 10.0 Å². The van der Waals surface area contributed by atoms with Crippen LogP contribution in [0, 0.1) is 0 Å². The number of ether oxygens (including phenoxy) is 2. The number of nitrogens with zero attached hydrogens (tertiary/aromatic N) is 2. The molecule has 41 heavy (non-hydrogen) atoms. The van der Waals surface area contributed by atoms with Crippen LogP contribution in [0.25, 0.3) is 0 Å². The minimum atomic E-state index is -4.22. The van der Waals surface area contributed by atoms with Crippen LogP contribution in [-0.4, -0.2) is 58.5 Å². The molecule has 0 heterocycles. The molecule has 0 aliphatic heterocycles. The molecule has 3 rings (SSSR count). The van der Waals surface area contributed by atoms with Gasteiger partial charge in [-0.05, 0) is 55.3 Å². The first-order valence-corrected chi connectivity index (χ1v) is 15.0. The van der Waals surface area contributed by atoms with Gasteiger partial charge >= 0.3 is 0 Å². The number of amides is 2. The Labute approximate surface area is 251 Å². The zero-order chi connectivity index (χ0) is 30.2. The first kappa shape index (κ1) is 32.0. The van der Waals surface area contributed by atoms with Crippen LogP contribution in [0.5, 0.6) is 11.5 Å². The molecule has 1 atom stereocenters. The van der Waals surface area contributed by atoms with Gasteiger partial charge in [0, 0.05) is 19.2 Å². The fourth-order valence-corrected chi connectivity index (χ4v) is 5.79. The molecule has 3 aromatic carbocycles. The van der Waals surface area contributed by atoms with Crippen molar-refractivity contribution in [3.8, 4) is 11.5 Å². The van der Waals surface area contributed by atoms with Gasteiger partial charge in [-0.25, -0.2) is 8.42 Å². The highest BCUT2D eigenvalue weighted by atomic mass is 35.5. The van der Waals surface area contributed by atoms with Gasteiger partial charge in [0.1, 0.15) is 12.6 Å². The lowest BCUT2D eigenvalue weighted by molar-refractivity contribution is -0.139. The van der Waals surface area contributed by atoms with Gasteiger partial charge in [-0.1, -0.05) is 54.4 Å². The summed E-state index contributed by atoms with van der Waals surface area (Å²) in [6, 6.07) is 16.3. The molecule has 0 unspecified atom stereocenters. The van der Waals surface area contributed by atoms with E-state index >= 15 is 0 Å². The van der Waals surface area contributed by atoms with E-state index < -0.39 is 28.5 Å². The molecule has 0 bridgehead atoms. The van der Waals surface area contributed by atoms with E-state index in [9.17, 15) is 18.0 Å². The van der Waals surface area contributed by atoms with Gasteiger partial charge in [0.15, 0.2) is 11.5 Å². The Bertz CT molecular complexity index is 1470. The van der Waals surface area contributed by atoms with Crippen molar-refractivity contribution in [2.24, 2.45) is 0 Å². The Morgan fingerprint density at radius 2 is 1.61 bits per heavy atom. The lowest BCUT2D eigenvalue weighted by atomic mass is 10.1. The molecule has 3 aromatic rings. The van der Waals surface area contributed by atoms with E-state index in [2.05, 4.69) is 5.32 Å². The van der Waals surface area contributed by atoms with E-state index in [0.29, 0.717) is 34.3 Å². The summed E-state index contributed by atoms with van der Waals surface area (Å²) in [6.07, 6.45) is 0.710. The van der Waals surface area contributed by atoms with Crippen molar-refractivity contribution in [3.63, 3.8) is 0 Å². The third kappa shape index (κ3) is 7.84. The quantitative estimate of drug-likeness (QED) is 0.283. The number of rotatable bonds is 13. The van der Waals surface area contributed by atoms with E-state index in [-0.39, 0.29) is 28.8 Å². The van der Waals surface area contributed by atoms with Gasteiger partial charge in [-0.15, -0.1) is 0 Å². The number of carbonyl (C=O) groups is 2. The summed E-state index contributed by atoms with van der Waals surface area (Å²) in [5.41, 5.74) is 0.795. The zero-order valence-electron chi connectivity index (χ0n) is 23.3. The second-order valence-corrected chi connectivity index (χ2v) is 11.8. The molecular formula is C29H33Cl2N3O6S. The maximum atomic E-state index is 14.0. The number of halogens is 2. The fraction of sp³-hybridized carbons (Fsp3) is 0.310. The smallest absolute Gasteiger partial charge is 0.264 e. The van der Waals surface area contributed by atoms with Crippen molar-refractivity contribution in [3.05, 3.63) is 82.3 Å². The van der Waals surface area contributed by atoms with Crippen LogP contribution < -0.4 is 19.1 Å². The summed E-state index contributed by atoms with van der Waals surface area (Å²) in [7, 11) is -1.33. The number of hydrogen-bond acceptors (Lipinski definition) is 6. The maximum Gasteiger partial charge on any atom is 0.264 e. The molecule has 0 aromatic heterocycles. The Hall–Kier alpha value is -3.47. The second-order valence-electron chi connectivity index (χ2n) is 9.10. The molecular weight excluding hydrogens is 589 g/mol. The summed E-state index contributed by atoms with van der Waals surface area (Å²) in [4.78, 5) is 28.3. The highest BCUT2D eigenvalue weighted by Crippen LogP contribution is 2.34. The monoisotopic (exact) mass is 621 g/mol. The number of benzene rings is 3. The van der Waals surface area contributed by atoms with Crippen LogP contribution in [0.3, 0.4) is 0 Å². The highest BCUT2D eigenvalue weighted by molar-refractivity contribution is 7.92. The standard InChI is InChI=1S/C29H33Cl2N3O6S/c1-5-15-32-29(36)20(2)33(18-21-11-13-24(30)25(31)16-21)28(35)19-34(41(37,38)23-9-7-6-8-10-23)22-12-14-26(39-3)27(17-22)40-4/h6-14,16-17,20H,5,15,18-19H2,1-4H3,(H,32,36)/t20-/m1/s1. The van der Waals surface area contributed by atoms with Crippen molar-refractivity contribution in [1.29, 1.82) is 0 Å². The predicted octanol–water partition coefficient (Wildman–Crippen LogP) is 5.15. The van der Waals surface area contributed by atoms with Gasteiger partial charge in [-0.3, -0.25) is 13.9 Å². The fourth-order valence-electron chi connectivity index (χ4n) is 4.04. The molecule has 12 heteroatoms. The summed E-state index contributed by atoms with van der Waals surface area (Å²) in [6.45, 7) is 3.32.